The van der Waals surface area contributed by atoms with Crippen LogP contribution >= 0.6 is 0 Å². The van der Waals surface area contributed by atoms with Gasteiger partial charge in [0.25, 0.3) is 0 Å². The van der Waals surface area contributed by atoms with Crippen LogP contribution in [0.4, 0.5) is 0 Å². The van der Waals surface area contributed by atoms with Crippen LogP contribution in [0.5, 0.6) is 0 Å². The predicted molar refractivity (Wildman–Crippen MR) is 118 cm³/mol. The molecule has 1 unspecified atom stereocenters. The molecule has 0 aliphatic rings. The quantitative estimate of drug-likeness (QED) is 0.277. The molecule has 5 nitrogen and oxygen atoms in total. The maximum atomic E-state index is 13.4. The molecule has 0 aliphatic carbocycles. The van der Waals surface area contributed by atoms with Gasteiger partial charge in [0.1, 0.15) is 17.3 Å². The first-order valence-electron chi connectivity index (χ1n) is 10.0. The number of nitrogens with zero attached hydrogens (tertiary/aromatic N) is 1. The fraction of sp³-hybridized carbons (Fsp3) is 0.375. The fourth-order valence-electron chi connectivity index (χ4n) is 3.10. The Balaban J connectivity index is 2.29. The number of allylic oxidation sites excluding steroid dienone is 1. The van der Waals surface area contributed by atoms with Crippen molar-refractivity contribution in [2.75, 3.05) is 0 Å². The van der Waals surface area contributed by atoms with Gasteiger partial charge < -0.3 is 4.42 Å². The predicted octanol–water partition coefficient (Wildman–Crippen LogP) is 4.79. The van der Waals surface area contributed by atoms with E-state index in [9.17, 15) is 13.2 Å². The van der Waals surface area contributed by atoms with Gasteiger partial charge in [-0.2, -0.15) is 4.31 Å². The lowest BCUT2D eigenvalue weighted by Crippen LogP contribution is -2.40. The summed E-state index contributed by atoms with van der Waals surface area (Å²) in [5.41, 5.74) is 0.949. The Morgan fingerprint density at radius 3 is 2.47 bits per heavy atom. The summed E-state index contributed by atoms with van der Waals surface area (Å²) in [5.74, 6) is 3.61. The topological polar surface area (TPSA) is 67.6 Å². The average molecular weight is 428 g/mol. The van der Waals surface area contributed by atoms with E-state index in [1.54, 1.807) is 43.3 Å². The van der Waals surface area contributed by atoms with Crippen LogP contribution in [0.25, 0.3) is 0 Å². The maximum Gasteiger partial charge on any atom is 0.244 e. The molecule has 1 heterocycles. The molecular weight excluding hydrogens is 398 g/mol. The molecule has 0 radical (unpaired) electrons. The molecule has 0 aliphatic heterocycles. The molecule has 160 valence electrons. The van der Waals surface area contributed by atoms with Crippen LogP contribution in [-0.4, -0.2) is 24.5 Å². The van der Waals surface area contributed by atoms with Crippen molar-refractivity contribution in [3.8, 4) is 12.3 Å². The Hall–Kier alpha value is -2.62. The number of sulfonamides is 1. The second kappa shape index (κ2) is 11.0. The molecule has 0 fully saturated rings. The summed E-state index contributed by atoms with van der Waals surface area (Å²) in [6.45, 7) is 7.30. The number of aryl methyl sites for hydroxylation is 2. The van der Waals surface area contributed by atoms with Gasteiger partial charge in [0, 0.05) is 12.8 Å². The number of benzene rings is 1. The lowest BCUT2D eigenvalue weighted by atomic mass is 10.1. The molecular formula is C24H29NO4S. The van der Waals surface area contributed by atoms with Gasteiger partial charge in [0.15, 0.2) is 0 Å². The Labute approximate surface area is 179 Å². The number of ketones is 1. The van der Waals surface area contributed by atoms with Gasteiger partial charge in [-0.3, -0.25) is 4.79 Å². The second-order valence-corrected chi connectivity index (χ2v) is 9.23. The molecule has 0 amide bonds. The molecule has 0 saturated heterocycles. The van der Waals surface area contributed by atoms with Crippen LogP contribution in [0.3, 0.4) is 0 Å². The molecule has 2 rings (SSSR count). The third-order valence-corrected chi connectivity index (χ3v) is 6.68. The SMILES string of the molecule is C#CC(CC(=O)CCCCC=C)N(Cc1ccc(C)o1)S(=O)(=O)c1ccc(C)cc1. The van der Waals surface area contributed by atoms with Gasteiger partial charge in [-0.05, 0) is 57.4 Å². The van der Waals surface area contributed by atoms with Gasteiger partial charge in [0.05, 0.1) is 17.5 Å². The van der Waals surface area contributed by atoms with E-state index in [-0.39, 0.29) is 23.6 Å². The summed E-state index contributed by atoms with van der Waals surface area (Å²) in [5, 5.41) is 0. The molecule has 0 saturated carbocycles. The first-order chi connectivity index (χ1) is 14.3. The molecule has 2 aromatic rings. The standard InChI is InChI=1S/C24H29NO4S/c1-5-7-8-9-10-22(26)17-21(6-2)25(18-23-14-13-20(4)29-23)30(27,28)24-15-11-19(3)12-16-24/h2,5,11-16,21H,1,7-10,17-18H2,3-4H3. The average Bonchev–Trinajstić information content (AvgIpc) is 3.13. The number of unbranched alkanes of at least 4 members (excludes halogenated alkanes) is 2. The third kappa shape index (κ3) is 6.45. The number of Topliss-reactive ketones (excluding diaryl/α,β-unsaturated/α-hetero) is 1. The van der Waals surface area contributed by atoms with Crippen molar-refractivity contribution in [3.63, 3.8) is 0 Å². The van der Waals surface area contributed by atoms with Gasteiger partial charge >= 0.3 is 0 Å². The van der Waals surface area contributed by atoms with Crippen LogP contribution in [0.15, 0.2) is 58.4 Å². The molecule has 0 N–H and O–H groups in total. The fourth-order valence-corrected chi connectivity index (χ4v) is 4.62. The number of rotatable bonds is 12. The van der Waals surface area contributed by atoms with Crippen molar-refractivity contribution in [1.82, 2.24) is 4.31 Å². The number of furan rings is 1. The summed E-state index contributed by atoms with van der Waals surface area (Å²) in [4.78, 5) is 12.6. The Morgan fingerprint density at radius 2 is 1.90 bits per heavy atom. The molecule has 0 spiro atoms. The zero-order chi connectivity index (χ0) is 22.1. The van der Waals surface area contributed by atoms with E-state index in [4.69, 9.17) is 10.8 Å². The number of carbonyl (C=O) groups excluding carboxylic acids is 1. The Morgan fingerprint density at radius 1 is 1.20 bits per heavy atom. The molecule has 0 bridgehead atoms. The van der Waals surface area contributed by atoms with Crippen LogP contribution in [0, 0.1) is 26.2 Å². The Kier molecular flexibility index (Phi) is 8.64. The van der Waals surface area contributed by atoms with Crippen LogP contribution < -0.4 is 0 Å². The monoisotopic (exact) mass is 427 g/mol. The van der Waals surface area contributed by atoms with Gasteiger partial charge in [-0.1, -0.05) is 29.7 Å². The van der Waals surface area contributed by atoms with Crippen LogP contribution in [0.2, 0.25) is 0 Å². The van der Waals surface area contributed by atoms with E-state index in [2.05, 4.69) is 12.5 Å². The van der Waals surface area contributed by atoms with Gasteiger partial charge in [0.2, 0.25) is 10.0 Å². The van der Waals surface area contributed by atoms with E-state index in [0.717, 1.165) is 24.8 Å². The molecule has 30 heavy (non-hydrogen) atoms. The largest absolute Gasteiger partial charge is 0.465 e. The second-order valence-electron chi connectivity index (χ2n) is 7.34. The first kappa shape index (κ1) is 23.7. The first-order valence-corrected chi connectivity index (χ1v) is 11.4. The molecule has 6 heteroatoms. The van der Waals surface area contributed by atoms with Crippen molar-refractivity contribution < 1.29 is 17.6 Å². The van der Waals surface area contributed by atoms with Crippen molar-refractivity contribution in [3.05, 3.63) is 66.1 Å². The number of carbonyl (C=O) groups is 1. The highest BCUT2D eigenvalue weighted by Gasteiger charge is 2.32. The summed E-state index contributed by atoms with van der Waals surface area (Å²) >= 11 is 0. The van der Waals surface area contributed by atoms with Crippen molar-refractivity contribution in [2.24, 2.45) is 0 Å². The highest BCUT2D eigenvalue weighted by atomic mass is 32.2. The number of hydrogen-bond acceptors (Lipinski definition) is 4. The van der Waals surface area contributed by atoms with Crippen LogP contribution in [0.1, 0.15) is 49.2 Å². The minimum absolute atomic E-state index is 0.0324. The minimum atomic E-state index is -3.93. The summed E-state index contributed by atoms with van der Waals surface area (Å²) in [7, 11) is -3.93. The highest BCUT2D eigenvalue weighted by Crippen LogP contribution is 2.24. The molecule has 1 aromatic carbocycles. The van der Waals surface area contributed by atoms with Gasteiger partial charge in [-0.15, -0.1) is 13.0 Å². The Bertz CT molecular complexity index is 997. The lowest BCUT2D eigenvalue weighted by Gasteiger charge is -2.26. The zero-order valence-corrected chi connectivity index (χ0v) is 18.5. The van der Waals surface area contributed by atoms with Crippen LogP contribution in [-0.2, 0) is 21.4 Å². The third-order valence-electron chi connectivity index (χ3n) is 4.81. The normalized spacial score (nSPS) is 12.5. The molecule has 1 atom stereocenters. The minimum Gasteiger partial charge on any atom is -0.465 e. The number of terminal acetylenes is 1. The molecule has 1 aromatic heterocycles. The zero-order valence-electron chi connectivity index (χ0n) is 17.6. The van der Waals surface area contributed by atoms with E-state index in [0.29, 0.717) is 17.9 Å². The summed E-state index contributed by atoms with van der Waals surface area (Å²) < 4.78 is 33.6. The highest BCUT2D eigenvalue weighted by molar-refractivity contribution is 7.89. The van der Waals surface area contributed by atoms with E-state index in [1.807, 2.05) is 13.0 Å². The summed E-state index contributed by atoms with van der Waals surface area (Å²) in [6, 6.07) is 9.16. The van der Waals surface area contributed by atoms with E-state index in [1.165, 1.54) is 4.31 Å². The van der Waals surface area contributed by atoms with E-state index < -0.39 is 16.1 Å². The summed E-state index contributed by atoms with van der Waals surface area (Å²) in [6.07, 6.45) is 10.3. The maximum absolute atomic E-state index is 13.4. The van der Waals surface area contributed by atoms with Crippen molar-refractivity contribution in [2.45, 2.75) is 63.4 Å². The van der Waals surface area contributed by atoms with E-state index >= 15 is 0 Å². The smallest absolute Gasteiger partial charge is 0.244 e. The number of hydrogen-bond donors (Lipinski definition) is 0. The van der Waals surface area contributed by atoms with Crippen molar-refractivity contribution >= 4 is 15.8 Å². The van der Waals surface area contributed by atoms with Crippen molar-refractivity contribution in [1.29, 1.82) is 0 Å². The lowest BCUT2D eigenvalue weighted by molar-refractivity contribution is -0.119. The van der Waals surface area contributed by atoms with Gasteiger partial charge in [-0.25, -0.2) is 8.42 Å².